The second-order valence-electron chi connectivity index (χ2n) is 8.76. The van der Waals surface area contributed by atoms with Gasteiger partial charge in [0.15, 0.2) is 11.4 Å². The minimum Gasteiger partial charge on any atom is -0.479 e. The lowest BCUT2D eigenvalue weighted by Gasteiger charge is -2.18. The van der Waals surface area contributed by atoms with Crippen molar-refractivity contribution in [1.29, 1.82) is 0 Å². The van der Waals surface area contributed by atoms with Gasteiger partial charge in [-0.25, -0.2) is 9.59 Å². The van der Waals surface area contributed by atoms with Gasteiger partial charge in [0.1, 0.15) is 12.4 Å². The number of β-amino-alcohol motifs (C(OH)–C–C–N with tert-alkyl or cyclic N) is 1. The molecule has 0 spiro atoms. The molecule has 0 radical (unpaired) electrons. The Morgan fingerprint density at radius 3 is 2.31 bits per heavy atom. The lowest BCUT2D eigenvalue weighted by molar-refractivity contribution is -0.156. The number of likely N-dealkylation sites (tertiary alicyclic amines) is 1. The van der Waals surface area contributed by atoms with Gasteiger partial charge in [-0.15, -0.1) is 0 Å². The van der Waals surface area contributed by atoms with Crippen LogP contribution in [0.4, 0.5) is 4.79 Å². The normalized spacial score (nSPS) is 18.7. The minimum atomic E-state index is -1.95. The Labute approximate surface area is 200 Å². The van der Waals surface area contributed by atoms with Gasteiger partial charge in [-0.05, 0) is 34.4 Å². The van der Waals surface area contributed by atoms with Crippen molar-refractivity contribution in [3.8, 4) is 11.1 Å². The van der Waals surface area contributed by atoms with E-state index in [-0.39, 0.29) is 44.3 Å². The summed E-state index contributed by atoms with van der Waals surface area (Å²) in [5, 5.41) is 21.8. The van der Waals surface area contributed by atoms with Gasteiger partial charge >= 0.3 is 12.1 Å². The predicted molar refractivity (Wildman–Crippen MR) is 124 cm³/mol. The first-order valence-electron chi connectivity index (χ1n) is 11.3. The van der Waals surface area contributed by atoms with E-state index in [0.29, 0.717) is 5.76 Å². The van der Waals surface area contributed by atoms with E-state index >= 15 is 0 Å². The molecule has 2 heterocycles. The van der Waals surface area contributed by atoms with Crippen LogP contribution >= 0.6 is 0 Å². The molecule has 1 fully saturated rings. The summed E-state index contributed by atoms with van der Waals surface area (Å²) < 4.78 is 11.0. The molecule has 9 nitrogen and oxygen atoms in total. The number of nitrogens with one attached hydrogen (secondary N) is 1. The van der Waals surface area contributed by atoms with Gasteiger partial charge in [-0.3, -0.25) is 4.79 Å². The van der Waals surface area contributed by atoms with E-state index in [2.05, 4.69) is 17.4 Å². The maximum Gasteiger partial charge on any atom is 0.407 e. The fraction of sp³-hybridized carbons (Fsp3) is 0.269. The average Bonchev–Trinajstić information content (AvgIpc) is 3.58. The van der Waals surface area contributed by atoms with E-state index in [1.807, 2.05) is 36.4 Å². The summed E-state index contributed by atoms with van der Waals surface area (Å²) in [7, 11) is 0. The number of fused-ring (bicyclic) bond motifs is 3. The standard InChI is InChI=1S/C26H24N2O7/c29-23(28-12-11-26(33,15-28)24(30)31)22-10-9-16(35-22)13-27-25(32)34-14-21-19-7-3-1-5-17(19)18-6-2-4-8-20(18)21/h1-10,21,33H,11-15H2,(H,27,32)(H,30,31). The molecule has 1 unspecified atom stereocenters. The number of carbonyl (C=O) groups is 3. The van der Waals surface area contributed by atoms with Crippen molar-refractivity contribution in [3.05, 3.63) is 83.3 Å². The number of carboxylic acid groups (broad SMARTS) is 1. The van der Waals surface area contributed by atoms with E-state index in [1.165, 1.54) is 11.0 Å². The molecule has 2 amide bonds. The first-order chi connectivity index (χ1) is 16.9. The molecule has 3 aromatic rings. The number of hydrogen-bond acceptors (Lipinski definition) is 6. The molecule has 180 valence electrons. The van der Waals surface area contributed by atoms with E-state index in [4.69, 9.17) is 14.3 Å². The molecular formula is C26H24N2O7. The first-order valence-corrected chi connectivity index (χ1v) is 11.3. The van der Waals surface area contributed by atoms with Crippen LogP contribution in [0.3, 0.4) is 0 Å². The maximum atomic E-state index is 12.6. The second kappa shape index (κ2) is 8.92. The molecule has 2 aliphatic rings. The molecule has 1 atom stereocenters. The van der Waals surface area contributed by atoms with Crippen LogP contribution < -0.4 is 5.32 Å². The molecular weight excluding hydrogens is 452 g/mol. The highest BCUT2D eigenvalue weighted by Gasteiger charge is 2.45. The number of aliphatic carboxylic acids is 1. The Kier molecular flexibility index (Phi) is 5.78. The molecule has 1 aliphatic carbocycles. The highest BCUT2D eigenvalue weighted by molar-refractivity contribution is 5.93. The topological polar surface area (TPSA) is 129 Å². The number of furan rings is 1. The van der Waals surface area contributed by atoms with Crippen molar-refractivity contribution < 1.29 is 33.8 Å². The summed E-state index contributed by atoms with van der Waals surface area (Å²) in [5.74, 6) is -1.58. The SMILES string of the molecule is O=C(NCc1ccc(C(=O)N2CCC(O)(C(=O)O)C2)o1)OCC1c2ccccc2-c2ccccc21. The van der Waals surface area contributed by atoms with Crippen molar-refractivity contribution in [2.45, 2.75) is 24.5 Å². The number of carboxylic acids is 1. The first kappa shape index (κ1) is 22.7. The van der Waals surface area contributed by atoms with Gasteiger partial charge in [0.2, 0.25) is 0 Å². The van der Waals surface area contributed by atoms with Crippen LogP contribution in [0.5, 0.6) is 0 Å². The molecule has 2 aromatic carbocycles. The lowest BCUT2D eigenvalue weighted by atomic mass is 9.98. The molecule has 35 heavy (non-hydrogen) atoms. The van der Waals surface area contributed by atoms with E-state index in [9.17, 15) is 19.5 Å². The van der Waals surface area contributed by atoms with Crippen LogP contribution in [0.1, 0.15) is 39.8 Å². The Bertz CT molecular complexity index is 1250. The quantitative estimate of drug-likeness (QED) is 0.499. The number of carbonyl (C=O) groups excluding carboxylic acids is 2. The van der Waals surface area contributed by atoms with Gasteiger partial charge in [0.05, 0.1) is 13.1 Å². The number of amides is 2. The summed E-state index contributed by atoms with van der Waals surface area (Å²) in [5.41, 5.74) is 2.57. The van der Waals surface area contributed by atoms with Crippen molar-refractivity contribution in [3.63, 3.8) is 0 Å². The van der Waals surface area contributed by atoms with Crippen LogP contribution in [0.15, 0.2) is 65.1 Å². The van der Waals surface area contributed by atoms with Crippen LogP contribution in [0, 0.1) is 0 Å². The second-order valence-corrected chi connectivity index (χ2v) is 8.76. The lowest BCUT2D eigenvalue weighted by Crippen LogP contribution is -2.42. The van der Waals surface area contributed by atoms with Crippen molar-refractivity contribution in [2.24, 2.45) is 0 Å². The molecule has 0 bridgehead atoms. The van der Waals surface area contributed by atoms with E-state index in [1.54, 1.807) is 6.07 Å². The van der Waals surface area contributed by atoms with Crippen LogP contribution in [0.25, 0.3) is 11.1 Å². The Balaban J connectivity index is 1.15. The molecule has 3 N–H and O–H groups in total. The number of aliphatic hydroxyl groups is 1. The number of ether oxygens (including phenoxy) is 1. The number of nitrogens with zero attached hydrogens (tertiary/aromatic N) is 1. The van der Waals surface area contributed by atoms with Crippen LogP contribution in [-0.4, -0.2) is 58.4 Å². The van der Waals surface area contributed by atoms with E-state index < -0.39 is 23.6 Å². The minimum absolute atomic E-state index is 0.00368. The Morgan fingerprint density at radius 2 is 1.69 bits per heavy atom. The summed E-state index contributed by atoms with van der Waals surface area (Å²) in [4.78, 5) is 37.3. The number of hydrogen-bond donors (Lipinski definition) is 3. The zero-order valence-corrected chi connectivity index (χ0v) is 18.8. The third-order valence-corrected chi connectivity index (χ3v) is 6.56. The molecule has 1 saturated heterocycles. The molecule has 0 saturated carbocycles. The van der Waals surface area contributed by atoms with E-state index in [0.717, 1.165) is 22.3 Å². The summed E-state index contributed by atoms with van der Waals surface area (Å²) >= 11 is 0. The third kappa shape index (κ3) is 4.26. The highest BCUT2D eigenvalue weighted by atomic mass is 16.5. The van der Waals surface area contributed by atoms with Crippen molar-refractivity contribution in [1.82, 2.24) is 10.2 Å². The van der Waals surface area contributed by atoms with Gasteiger partial charge in [-0.2, -0.15) is 0 Å². The maximum absolute atomic E-state index is 12.6. The summed E-state index contributed by atoms with van der Waals surface area (Å²) in [6, 6.07) is 19.1. The zero-order chi connectivity index (χ0) is 24.6. The summed E-state index contributed by atoms with van der Waals surface area (Å²) in [6.45, 7) is -0.00290. The molecule has 5 rings (SSSR count). The fourth-order valence-electron chi connectivity index (χ4n) is 4.69. The van der Waals surface area contributed by atoms with Gasteiger partial charge < -0.3 is 29.6 Å². The largest absolute Gasteiger partial charge is 0.479 e. The Hall–Kier alpha value is -4.11. The van der Waals surface area contributed by atoms with Gasteiger partial charge in [0.25, 0.3) is 5.91 Å². The smallest absolute Gasteiger partial charge is 0.407 e. The zero-order valence-electron chi connectivity index (χ0n) is 18.8. The third-order valence-electron chi connectivity index (χ3n) is 6.56. The monoisotopic (exact) mass is 476 g/mol. The number of rotatable bonds is 6. The highest BCUT2D eigenvalue weighted by Crippen LogP contribution is 2.44. The summed E-state index contributed by atoms with van der Waals surface area (Å²) in [6.07, 6.45) is -0.660. The van der Waals surface area contributed by atoms with Gasteiger partial charge in [-0.1, -0.05) is 48.5 Å². The predicted octanol–water partition coefficient (Wildman–Crippen LogP) is 2.98. The van der Waals surface area contributed by atoms with Crippen LogP contribution in [0.2, 0.25) is 0 Å². The molecule has 1 aliphatic heterocycles. The van der Waals surface area contributed by atoms with Gasteiger partial charge in [0, 0.05) is 18.9 Å². The van der Waals surface area contributed by atoms with Crippen molar-refractivity contribution in [2.75, 3.05) is 19.7 Å². The van der Waals surface area contributed by atoms with Crippen molar-refractivity contribution >= 4 is 18.0 Å². The fourth-order valence-corrected chi connectivity index (χ4v) is 4.69. The Morgan fingerprint density at radius 1 is 1.03 bits per heavy atom. The molecule has 1 aromatic heterocycles. The van der Waals surface area contributed by atoms with Crippen LogP contribution in [-0.2, 0) is 16.1 Å². The molecule has 9 heteroatoms. The number of benzene rings is 2. The number of alkyl carbamates (subject to hydrolysis) is 1. The average molecular weight is 476 g/mol.